The number of carbonyl (C=O) groups excluding carboxylic acids is 1. The van der Waals surface area contributed by atoms with E-state index in [2.05, 4.69) is 21.8 Å². The number of H-pyrrole nitrogens is 1. The monoisotopic (exact) mass is 303 g/mol. The van der Waals surface area contributed by atoms with Gasteiger partial charge in [0.25, 0.3) is 0 Å². The molecular formula is C18H29N3O. The number of nitrogens with zero attached hydrogens (tertiary/aromatic N) is 2. The largest absolute Gasteiger partial charge is 0.351 e. The maximum Gasteiger partial charge on any atom is 0.149 e. The lowest BCUT2D eigenvalue weighted by atomic mass is 9.83. The minimum Gasteiger partial charge on any atom is -0.351 e. The van der Waals surface area contributed by atoms with E-state index < -0.39 is 0 Å². The van der Waals surface area contributed by atoms with Crippen LogP contribution in [0.4, 0.5) is 0 Å². The highest BCUT2D eigenvalue weighted by Gasteiger charge is 2.37. The van der Waals surface area contributed by atoms with Crippen molar-refractivity contribution in [2.45, 2.75) is 82.7 Å². The van der Waals surface area contributed by atoms with Crippen LogP contribution >= 0.6 is 0 Å². The first-order chi connectivity index (χ1) is 10.8. The average Bonchev–Trinajstić information content (AvgIpc) is 3.10. The molecule has 2 unspecified atom stereocenters. The number of nitrogens with one attached hydrogen (secondary N) is 1. The SMILES string of the molecule is CCCC(=O)C1CC(c2c[nH]cn2)CCN1C1CCCCC1. The highest BCUT2D eigenvalue weighted by molar-refractivity contribution is 5.84. The number of likely N-dealkylation sites (tertiary alicyclic amines) is 1. The van der Waals surface area contributed by atoms with Gasteiger partial charge in [0.1, 0.15) is 5.78 Å². The molecule has 1 aromatic rings. The molecule has 22 heavy (non-hydrogen) atoms. The van der Waals surface area contributed by atoms with Crippen molar-refractivity contribution in [1.29, 1.82) is 0 Å². The van der Waals surface area contributed by atoms with E-state index in [1.54, 1.807) is 6.33 Å². The summed E-state index contributed by atoms with van der Waals surface area (Å²) in [6, 6.07) is 0.762. The van der Waals surface area contributed by atoms with Gasteiger partial charge in [-0.05, 0) is 38.6 Å². The van der Waals surface area contributed by atoms with Crippen molar-refractivity contribution in [1.82, 2.24) is 14.9 Å². The van der Waals surface area contributed by atoms with Gasteiger partial charge >= 0.3 is 0 Å². The first-order valence-electron chi connectivity index (χ1n) is 9.06. The molecule has 1 aliphatic carbocycles. The second kappa shape index (κ2) is 7.40. The van der Waals surface area contributed by atoms with E-state index in [0.717, 1.165) is 37.9 Å². The van der Waals surface area contributed by atoms with Gasteiger partial charge in [0, 0.05) is 24.6 Å². The Bertz CT molecular complexity index is 465. The van der Waals surface area contributed by atoms with Crippen LogP contribution in [0.15, 0.2) is 12.5 Å². The van der Waals surface area contributed by atoms with Gasteiger partial charge in [0.2, 0.25) is 0 Å². The molecule has 2 fully saturated rings. The van der Waals surface area contributed by atoms with Crippen LogP contribution in [0.2, 0.25) is 0 Å². The van der Waals surface area contributed by atoms with Crippen molar-refractivity contribution >= 4 is 5.78 Å². The number of piperidine rings is 1. The highest BCUT2D eigenvalue weighted by Crippen LogP contribution is 2.35. The number of aromatic nitrogens is 2. The molecule has 2 heterocycles. The molecule has 0 bridgehead atoms. The van der Waals surface area contributed by atoms with Gasteiger partial charge in [-0.3, -0.25) is 9.69 Å². The van der Waals surface area contributed by atoms with Crippen LogP contribution < -0.4 is 0 Å². The summed E-state index contributed by atoms with van der Waals surface area (Å²) in [5, 5.41) is 0. The van der Waals surface area contributed by atoms with E-state index in [1.165, 1.54) is 32.1 Å². The van der Waals surface area contributed by atoms with E-state index >= 15 is 0 Å². The van der Waals surface area contributed by atoms with Gasteiger partial charge in [0.05, 0.1) is 18.1 Å². The molecular weight excluding hydrogens is 274 g/mol. The quantitative estimate of drug-likeness (QED) is 0.903. The molecule has 4 heteroatoms. The molecule has 1 saturated heterocycles. The third-order valence-electron chi connectivity index (χ3n) is 5.49. The van der Waals surface area contributed by atoms with Crippen LogP contribution in [-0.4, -0.2) is 39.3 Å². The summed E-state index contributed by atoms with van der Waals surface area (Å²) in [4.78, 5) is 22.7. The van der Waals surface area contributed by atoms with Crippen LogP contribution in [0, 0.1) is 0 Å². The lowest BCUT2D eigenvalue weighted by molar-refractivity contribution is -0.127. The summed E-state index contributed by atoms with van der Waals surface area (Å²) in [5.41, 5.74) is 1.14. The smallest absolute Gasteiger partial charge is 0.149 e. The first-order valence-corrected chi connectivity index (χ1v) is 9.06. The predicted molar refractivity (Wildman–Crippen MR) is 87.8 cm³/mol. The summed E-state index contributed by atoms with van der Waals surface area (Å²) in [6.45, 7) is 3.17. The fraction of sp³-hybridized carbons (Fsp3) is 0.778. The van der Waals surface area contributed by atoms with Crippen molar-refractivity contribution in [3.8, 4) is 0 Å². The lowest BCUT2D eigenvalue weighted by Crippen LogP contribution is -2.52. The molecule has 4 nitrogen and oxygen atoms in total. The zero-order chi connectivity index (χ0) is 15.4. The minimum atomic E-state index is 0.124. The first kappa shape index (κ1) is 15.7. The van der Waals surface area contributed by atoms with E-state index in [9.17, 15) is 4.79 Å². The summed E-state index contributed by atoms with van der Waals surface area (Å²) < 4.78 is 0. The number of ketones is 1. The number of hydrogen-bond donors (Lipinski definition) is 1. The van der Waals surface area contributed by atoms with Crippen LogP contribution in [0.5, 0.6) is 0 Å². The molecule has 1 saturated carbocycles. The Balaban J connectivity index is 1.73. The maximum atomic E-state index is 12.7. The molecule has 2 aliphatic rings. The van der Waals surface area contributed by atoms with Gasteiger partial charge in [-0.2, -0.15) is 0 Å². The molecule has 2 atom stereocenters. The minimum absolute atomic E-state index is 0.124. The maximum absolute atomic E-state index is 12.7. The van der Waals surface area contributed by atoms with E-state index in [1.807, 2.05) is 6.20 Å². The van der Waals surface area contributed by atoms with Crippen molar-refractivity contribution in [2.24, 2.45) is 0 Å². The topological polar surface area (TPSA) is 49.0 Å². The van der Waals surface area contributed by atoms with Gasteiger partial charge < -0.3 is 4.98 Å². The van der Waals surface area contributed by atoms with Crippen LogP contribution in [0.3, 0.4) is 0 Å². The Morgan fingerprint density at radius 1 is 1.32 bits per heavy atom. The highest BCUT2D eigenvalue weighted by atomic mass is 16.1. The second-order valence-electron chi connectivity index (χ2n) is 6.98. The van der Waals surface area contributed by atoms with Crippen LogP contribution in [-0.2, 0) is 4.79 Å². The number of rotatable bonds is 5. The number of hydrogen-bond acceptors (Lipinski definition) is 3. The second-order valence-corrected chi connectivity index (χ2v) is 6.98. The average molecular weight is 303 g/mol. The third-order valence-corrected chi connectivity index (χ3v) is 5.49. The van der Waals surface area contributed by atoms with E-state index in [-0.39, 0.29) is 6.04 Å². The van der Waals surface area contributed by atoms with Crippen molar-refractivity contribution in [3.63, 3.8) is 0 Å². The lowest BCUT2D eigenvalue weighted by Gasteiger charge is -2.44. The fourth-order valence-electron chi connectivity index (χ4n) is 4.33. The number of Topliss-reactive ketones (excluding diaryl/α,β-unsaturated/α-hetero) is 1. The molecule has 122 valence electrons. The van der Waals surface area contributed by atoms with Gasteiger partial charge in [-0.1, -0.05) is 26.2 Å². The molecule has 1 N–H and O–H groups in total. The predicted octanol–water partition coefficient (Wildman–Crippen LogP) is 3.66. The molecule has 0 amide bonds. The summed E-state index contributed by atoms with van der Waals surface area (Å²) >= 11 is 0. The molecule has 0 spiro atoms. The molecule has 3 rings (SSSR count). The Kier molecular flexibility index (Phi) is 5.29. The summed E-state index contributed by atoms with van der Waals surface area (Å²) in [7, 11) is 0. The van der Waals surface area contributed by atoms with Gasteiger partial charge in [0.15, 0.2) is 0 Å². The van der Waals surface area contributed by atoms with Crippen LogP contribution in [0.1, 0.15) is 76.3 Å². The van der Waals surface area contributed by atoms with E-state index in [0.29, 0.717) is 17.7 Å². The number of aromatic amines is 1. The Morgan fingerprint density at radius 3 is 2.82 bits per heavy atom. The van der Waals surface area contributed by atoms with Crippen molar-refractivity contribution < 1.29 is 4.79 Å². The Morgan fingerprint density at radius 2 is 2.14 bits per heavy atom. The summed E-state index contributed by atoms with van der Waals surface area (Å²) in [6.07, 6.45) is 14.1. The number of carbonyl (C=O) groups is 1. The van der Waals surface area contributed by atoms with Gasteiger partial charge in [-0.15, -0.1) is 0 Å². The Hall–Kier alpha value is -1.16. The molecule has 1 aromatic heterocycles. The fourth-order valence-corrected chi connectivity index (χ4v) is 4.33. The van der Waals surface area contributed by atoms with Gasteiger partial charge in [-0.25, -0.2) is 4.98 Å². The molecule has 1 aliphatic heterocycles. The summed E-state index contributed by atoms with van der Waals surface area (Å²) in [5.74, 6) is 0.894. The molecule has 0 aromatic carbocycles. The van der Waals surface area contributed by atoms with Crippen molar-refractivity contribution in [3.05, 3.63) is 18.2 Å². The normalized spacial score (nSPS) is 27.9. The van der Waals surface area contributed by atoms with Crippen LogP contribution in [0.25, 0.3) is 0 Å². The molecule has 0 radical (unpaired) electrons. The number of imidazole rings is 1. The third kappa shape index (κ3) is 3.43. The van der Waals surface area contributed by atoms with E-state index in [4.69, 9.17) is 0 Å². The Labute approximate surface area is 133 Å². The van der Waals surface area contributed by atoms with Crippen molar-refractivity contribution in [2.75, 3.05) is 6.54 Å². The standard InChI is InChI=1S/C18H29N3O/c1-2-6-18(22)17-11-14(16-12-19-13-20-16)9-10-21(17)15-7-4-3-5-8-15/h12-15,17H,2-11H2,1H3,(H,19,20). The zero-order valence-electron chi connectivity index (χ0n) is 13.8. The zero-order valence-corrected chi connectivity index (χ0v) is 13.8.